The molecular formula is C27H30N2O2. The second kappa shape index (κ2) is 10.3. The third-order valence-electron chi connectivity index (χ3n) is 6.00. The van der Waals surface area contributed by atoms with Crippen LogP contribution in [0.25, 0.3) is 11.1 Å². The second-order valence-corrected chi connectivity index (χ2v) is 8.17. The topological polar surface area (TPSA) is 50.4 Å². The molecule has 4 heteroatoms. The van der Waals surface area contributed by atoms with E-state index in [1.54, 1.807) is 7.11 Å². The Bertz CT molecular complexity index is 1010. The lowest BCUT2D eigenvalue weighted by Crippen LogP contribution is -2.27. The largest absolute Gasteiger partial charge is 0.497 e. The second-order valence-electron chi connectivity index (χ2n) is 8.17. The fourth-order valence-corrected chi connectivity index (χ4v) is 4.14. The van der Waals surface area contributed by atoms with Crippen LogP contribution in [0.3, 0.4) is 0 Å². The van der Waals surface area contributed by atoms with Gasteiger partial charge in [0.2, 0.25) is 0 Å². The molecule has 3 aromatic carbocycles. The Hall–Kier alpha value is -3.11. The van der Waals surface area contributed by atoms with Crippen LogP contribution in [0.15, 0.2) is 72.8 Å². The van der Waals surface area contributed by atoms with Crippen LogP contribution in [-0.4, -0.2) is 26.0 Å². The molecule has 0 bridgehead atoms. The minimum atomic E-state index is 0.232. The Morgan fingerprint density at radius 3 is 2.48 bits per heavy atom. The number of hydrogen-bond acceptors (Lipinski definition) is 4. The van der Waals surface area contributed by atoms with Crippen molar-refractivity contribution in [3.05, 3.63) is 78.4 Å². The Labute approximate surface area is 184 Å². The molecule has 0 aliphatic carbocycles. The Balaban J connectivity index is 1.38. The van der Waals surface area contributed by atoms with Gasteiger partial charge in [-0.05, 0) is 85.8 Å². The number of benzene rings is 3. The number of carbonyl (C=O) groups excluding carboxylic acids is 1. The number of carbonyl (C=O) groups is 1. The van der Waals surface area contributed by atoms with Gasteiger partial charge in [-0.3, -0.25) is 4.79 Å². The smallest absolute Gasteiger partial charge is 0.162 e. The van der Waals surface area contributed by atoms with Crippen molar-refractivity contribution in [2.75, 3.05) is 25.5 Å². The van der Waals surface area contributed by atoms with Gasteiger partial charge >= 0.3 is 0 Å². The predicted molar refractivity (Wildman–Crippen MR) is 127 cm³/mol. The highest BCUT2D eigenvalue weighted by Gasteiger charge is 2.15. The zero-order valence-corrected chi connectivity index (χ0v) is 18.1. The van der Waals surface area contributed by atoms with Gasteiger partial charge in [-0.1, -0.05) is 36.4 Å². The number of Topliss-reactive ketones (excluding diaryl/α,β-unsaturated/α-hetero) is 1. The van der Waals surface area contributed by atoms with Crippen LogP contribution in [-0.2, 0) is 0 Å². The Morgan fingerprint density at radius 1 is 0.935 bits per heavy atom. The van der Waals surface area contributed by atoms with Crippen LogP contribution >= 0.6 is 0 Å². The molecular weight excluding hydrogens is 384 g/mol. The molecule has 0 aromatic heterocycles. The molecule has 160 valence electrons. The average Bonchev–Trinajstić information content (AvgIpc) is 2.84. The summed E-state index contributed by atoms with van der Waals surface area (Å²) in [6.07, 6.45) is 3.98. The van der Waals surface area contributed by atoms with E-state index in [1.165, 1.54) is 12.8 Å². The number of hydrogen-bond donors (Lipinski definition) is 2. The number of rotatable bonds is 8. The van der Waals surface area contributed by atoms with Crippen molar-refractivity contribution in [2.24, 2.45) is 5.92 Å². The average molecular weight is 415 g/mol. The molecule has 0 amide bonds. The van der Waals surface area contributed by atoms with E-state index < -0.39 is 0 Å². The first-order valence-electron chi connectivity index (χ1n) is 11.1. The van der Waals surface area contributed by atoms with E-state index in [2.05, 4.69) is 41.0 Å². The maximum Gasteiger partial charge on any atom is 0.162 e. The molecule has 4 nitrogen and oxygen atoms in total. The van der Waals surface area contributed by atoms with Crippen LogP contribution in [0.5, 0.6) is 5.75 Å². The number of piperidine rings is 1. The maximum absolute atomic E-state index is 12.7. The molecule has 0 radical (unpaired) electrons. The van der Waals surface area contributed by atoms with Gasteiger partial charge in [0, 0.05) is 23.4 Å². The molecule has 0 saturated carbocycles. The van der Waals surface area contributed by atoms with E-state index in [0.29, 0.717) is 12.3 Å². The molecule has 0 atom stereocenters. The maximum atomic E-state index is 12.7. The van der Waals surface area contributed by atoms with Crippen molar-refractivity contribution in [1.82, 2.24) is 5.32 Å². The monoisotopic (exact) mass is 414 g/mol. The summed E-state index contributed by atoms with van der Waals surface area (Å²) in [4.78, 5) is 12.7. The minimum absolute atomic E-state index is 0.232. The summed E-state index contributed by atoms with van der Waals surface area (Å²) in [6.45, 7) is 2.16. The minimum Gasteiger partial charge on any atom is -0.497 e. The summed E-state index contributed by atoms with van der Waals surface area (Å²) in [5.41, 5.74) is 4.96. The SMILES string of the molecule is COc1cccc(-c2ccc(Nc3cccc(C(=O)CCC4CCNCC4)c3)cc2)c1. The molecule has 1 fully saturated rings. The van der Waals surface area contributed by atoms with Crippen molar-refractivity contribution < 1.29 is 9.53 Å². The molecule has 31 heavy (non-hydrogen) atoms. The lowest BCUT2D eigenvalue weighted by atomic mass is 9.91. The molecule has 0 unspecified atom stereocenters. The highest BCUT2D eigenvalue weighted by molar-refractivity contribution is 5.97. The molecule has 1 aliphatic heterocycles. The zero-order chi connectivity index (χ0) is 21.5. The van der Waals surface area contributed by atoms with Crippen LogP contribution in [0, 0.1) is 5.92 Å². The van der Waals surface area contributed by atoms with Crippen LogP contribution in [0.1, 0.15) is 36.0 Å². The van der Waals surface area contributed by atoms with E-state index in [4.69, 9.17) is 4.74 Å². The highest BCUT2D eigenvalue weighted by atomic mass is 16.5. The van der Waals surface area contributed by atoms with Gasteiger partial charge in [-0.2, -0.15) is 0 Å². The summed E-state index contributed by atoms with van der Waals surface area (Å²) in [5, 5.41) is 6.80. The zero-order valence-electron chi connectivity index (χ0n) is 18.1. The molecule has 0 spiro atoms. The Morgan fingerprint density at radius 2 is 1.71 bits per heavy atom. The molecule has 2 N–H and O–H groups in total. The van der Waals surface area contributed by atoms with Crippen molar-refractivity contribution in [1.29, 1.82) is 0 Å². The first kappa shape index (κ1) is 21.1. The van der Waals surface area contributed by atoms with Gasteiger partial charge in [-0.25, -0.2) is 0 Å². The first-order valence-corrected chi connectivity index (χ1v) is 11.1. The molecule has 1 saturated heterocycles. The van der Waals surface area contributed by atoms with Crippen LogP contribution in [0.2, 0.25) is 0 Å². The van der Waals surface area contributed by atoms with E-state index in [9.17, 15) is 4.79 Å². The molecule has 3 aromatic rings. The number of methoxy groups -OCH3 is 1. The van der Waals surface area contributed by atoms with E-state index >= 15 is 0 Å². The number of ether oxygens (including phenoxy) is 1. The molecule has 1 heterocycles. The molecule has 4 rings (SSSR count). The normalized spacial score (nSPS) is 14.2. The molecule has 1 aliphatic rings. The lowest BCUT2D eigenvalue weighted by molar-refractivity contribution is 0.0971. The standard InChI is InChI=1S/C27H30N2O2/c1-31-26-7-3-4-22(19-26)21-9-11-24(12-10-21)29-25-6-2-5-23(18-25)27(30)13-8-20-14-16-28-17-15-20/h2-7,9-12,18-20,28-29H,8,13-17H2,1H3. The van der Waals surface area contributed by atoms with Gasteiger partial charge in [0.15, 0.2) is 5.78 Å². The van der Waals surface area contributed by atoms with Crippen molar-refractivity contribution in [2.45, 2.75) is 25.7 Å². The van der Waals surface area contributed by atoms with Gasteiger partial charge in [0.25, 0.3) is 0 Å². The fourth-order valence-electron chi connectivity index (χ4n) is 4.14. The summed E-state index contributed by atoms with van der Waals surface area (Å²) < 4.78 is 5.32. The number of anilines is 2. The fraction of sp³-hybridized carbons (Fsp3) is 0.296. The first-order chi connectivity index (χ1) is 15.2. The summed E-state index contributed by atoms with van der Waals surface area (Å²) in [7, 11) is 1.68. The van der Waals surface area contributed by atoms with Crippen LogP contribution < -0.4 is 15.4 Å². The van der Waals surface area contributed by atoms with Crippen molar-refractivity contribution >= 4 is 17.2 Å². The number of nitrogens with one attached hydrogen (secondary N) is 2. The predicted octanol–water partition coefficient (Wildman–Crippen LogP) is 6.07. The number of ketones is 1. The van der Waals surface area contributed by atoms with Crippen molar-refractivity contribution in [3.63, 3.8) is 0 Å². The lowest BCUT2D eigenvalue weighted by Gasteiger charge is -2.22. The third kappa shape index (κ3) is 5.74. The summed E-state index contributed by atoms with van der Waals surface area (Å²) >= 11 is 0. The van der Waals surface area contributed by atoms with E-state index in [-0.39, 0.29) is 5.78 Å². The summed E-state index contributed by atoms with van der Waals surface area (Å²) in [5.74, 6) is 1.76. The van der Waals surface area contributed by atoms with Gasteiger partial charge in [-0.15, -0.1) is 0 Å². The third-order valence-corrected chi connectivity index (χ3v) is 6.00. The van der Waals surface area contributed by atoms with Gasteiger partial charge in [0.05, 0.1) is 7.11 Å². The van der Waals surface area contributed by atoms with E-state index in [1.807, 2.05) is 42.5 Å². The Kier molecular flexibility index (Phi) is 7.00. The van der Waals surface area contributed by atoms with Gasteiger partial charge < -0.3 is 15.4 Å². The van der Waals surface area contributed by atoms with E-state index in [0.717, 1.165) is 53.3 Å². The van der Waals surface area contributed by atoms with Crippen molar-refractivity contribution in [3.8, 4) is 16.9 Å². The van der Waals surface area contributed by atoms with Crippen LogP contribution in [0.4, 0.5) is 11.4 Å². The quantitative estimate of drug-likeness (QED) is 0.439. The summed E-state index contributed by atoms with van der Waals surface area (Å²) in [6, 6.07) is 24.2. The van der Waals surface area contributed by atoms with Gasteiger partial charge in [0.1, 0.15) is 5.75 Å². The highest BCUT2D eigenvalue weighted by Crippen LogP contribution is 2.27.